The number of rotatable bonds is 1. The van der Waals surface area contributed by atoms with Crippen LogP contribution in [-0.4, -0.2) is 4.98 Å². The van der Waals surface area contributed by atoms with Gasteiger partial charge < -0.3 is 10.2 Å². The van der Waals surface area contributed by atoms with Crippen molar-refractivity contribution in [2.24, 2.45) is 0 Å². The molecule has 3 nitrogen and oxygen atoms in total. The minimum absolute atomic E-state index is 0.329. The van der Waals surface area contributed by atoms with Gasteiger partial charge >= 0.3 is 0 Å². The van der Waals surface area contributed by atoms with Gasteiger partial charge in [0.15, 0.2) is 5.58 Å². The standard InChI is InChI=1S/C13H8ClFN2O/c14-9-3-1-2-8(12(9)16)13-17-10-6-7(15)4-5-11(10)18-13/h1-6H,16H2. The van der Waals surface area contributed by atoms with E-state index >= 15 is 0 Å². The molecule has 0 spiro atoms. The summed E-state index contributed by atoms with van der Waals surface area (Å²) in [6.45, 7) is 0. The molecule has 90 valence electrons. The van der Waals surface area contributed by atoms with Crippen LogP contribution in [0.1, 0.15) is 0 Å². The van der Waals surface area contributed by atoms with Crippen molar-refractivity contribution >= 4 is 28.4 Å². The van der Waals surface area contributed by atoms with Crippen LogP contribution >= 0.6 is 11.6 Å². The molecule has 5 heteroatoms. The van der Waals surface area contributed by atoms with E-state index in [2.05, 4.69) is 4.98 Å². The lowest BCUT2D eigenvalue weighted by molar-refractivity contribution is 0.614. The van der Waals surface area contributed by atoms with E-state index in [1.165, 1.54) is 18.2 Å². The zero-order chi connectivity index (χ0) is 12.7. The molecule has 2 aromatic carbocycles. The van der Waals surface area contributed by atoms with E-state index in [9.17, 15) is 4.39 Å². The lowest BCUT2D eigenvalue weighted by Crippen LogP contribution is -1.90. The van der Waals surface area contributed by atoms with E-state index in [4.69, 9.17) is 21.8 Å². The number of nitrogens with two attached hydrogens (primary N) is 1. The summed E-state index contributed by atoms with van der Waals surface area (Å²) in [5, 5.41) is 0.431. The van der Waals surface area contributed by atoms with Crippen LogP contribution in [0, 0.1) is 5.82 Å². The number of nitrogen functional groups attached to an aromatic ring is 1. The normalized spacial score (nSPS) is 11.0. The van der Waals surface area contributed by atoms with Crippen molar-refractivity contribution in [2.75, 3.05) is 5.73 Å². The summed E-state index contributed by atoms with van der Waals surface area (Å²) in [4.78, 5) is 4.20. The van der Waals surface area contributed by atoms with Crippen LogP contribution in [-0.2, 0) is 0 Å². The SMILES string of the molecule is Nc1c(Cl)cccc1-c1nc2cc(F)ccc2o1. The van der Waals surface area contributed by atoms with E-state index in [0.717, 1.165) is 0 Å². The molecule has 1 heterocycles. The van der Waals surface area contributed by atoms with Gasteiger partial charge in [0, 0.05) is 6.07 Å². The van der Waals surface area contributed by atoms with Crippen molar-refractivity contribution in [3.05, 3.63) is 47.2 Å². The molecule has 1 aromatic heterocycles. The highest BCUT2D eigenvalue weighted by atomic mass is 35.5. The highest BCUT2D eigenvalue weighted by Crippen LogP contribution is 2.32. The second-order valence-corrected chi connectivity index (χ2v) is 4.24. The van der Waals surface area contributed by atoms with Crippen molar-refractivity contribution in [2.45, 2.75) is 0 Å². The average Bonchev–Trinajstić information content (AvgIpc) is 2.75. The van der Waals surface area contributed by atoms with E-state index < -0.39 is 0 Å². The predicted molar refractivity (Wildman–Crippen MR) is 68.8 cm³/mol. The molecule has 0 aliphatic rings. The Balaban J connectivity index is 2.22. The maximum absolute atomic E-state index is 13.1. The third-order valence-electron chi connectivity index (χ3n) is 2.63. The van der Waals surface area contributed by atoms with Crippen molar-refractivity contribution in [1.82, 2.24) is 4.98 Å². The number of benzene rings is 2. The maximum Gasteiger partial charge on any atom is 0.229 e. The van der Waals surface area contributed by atoms with Gasteiger partial charge in [-0.05, 0) is 24.3 Å². The Morgan fingerprint density at radius 3 is 2.89 bits per heavy atom. The lowest BCUT2D eigenvalue weighted by Gasteiger charge is -2.02. The second-order valence-electron chi connectivity index (χ2n) is 3.83. The fourth-order valence-electron chi connectivity index (χ4n) is 1.74. The molecule has 3 aromatic rings. The van der Waals surface area contributed by atoms with Gasteiger partial charge in [-0.15, -0.1) is 0 Å². The average molecular weight is 263 g/mol. The third kappa shape index (κ3) is 1.71. The molecule has 0 aliphatic heterocycles. The summed E-state index contributed by atoms with van der Waals surface area (Å²) in [5.74, 6) is -0.0305. The van der Waals surface area contributed by atoms with E-state index in [0.29, 0.717) is 33.3 Å². The Kier molecular flexibility index (Phi) is 2.45. The fraction of sp³-hybridized carbons (Fsp3) is 0. The molecule has 0 unspecified atom stereocenters. The van der Waals surface area contributed by atoms with Crippen molar-refractivity contribution in [3.63, 3.8) is 0 Å². The molecular formula is C13H8ClFN2O. The van der Waals surface area contributed by atoms with E-state index in [1.54, 1.807) is 18.2 Å². The van der Waals surface area contributed by atoms with Gasteiger partial charge in [-0.1, -0.05) is 17.7 Å². The highest BCUT2D eigenvalue weighted by molar-refractivity contribution is 6.33. The molecule has 0 amide bonds. The lowest BCUT2D eigenvalue weighted by atomic mass is 10.2. The van der Waals surface area contributed by atoms with Crippen LogP contribution in [0.2, 0.25) is 5.02 Å². The number of aromatic nitrogens is 1. The predicted octanol–water partition coefficient (Wildman–Crippen LogP) is 3.87. The largest absolute Gasteiger partial charge is 0.436 e. The summed E-state index contributed by atoms with van der Waals surface area (Å²) in [6.07, 6.45) is 0. The first-order chi connectivity index (χ1) is 8.65. The van der Waals surface area contributed by atoms with Crippen LogP contribution < -0.4 is 5.73 Å². The number of oxazole rings is 1. The zero-order valence-electron chi connectivity index (χ0n) is 9.15. The topological polar surface area (TPSA) is 52.0 Å². The van der Waals surface area contributed by atoms with Gasteiger partial charge in [-0.2, -0.15) is 0 Å². The van der Waals surface area contributed by atoms with Gasteiger partial charge in [-0.3, -0.25) is 0 Å². The number of halogens is 2. The number of para-hydroxylation sites is 1. The first-order valence-electron chi connectivity index (χ1n) is 5.25. The molecule has 0 bridgehead atoms. The number of hydrogen-bond donors (Lipinski definition) is 1. The molecule has 0 saturated heterocycles. The zero-order valence-corrected chi connectivity index (χ0v) is 9.91. The van der Waals surface area contributed by atoms with Gasteiger partial charge in [-0.25, -0.2) is 9.37 Å². The Bertz CT molecular complexity index is 739. The molecule has 0 atom stereocenters. The Morgan fingerprint density at radius 1 is 1.22 bits per heavy atom. The summed E-state index contributed by atoms with van der Waals surface area (Å²) in [6, 6.07) is 9.35. The van der Waals surface area contributed by atoms with Crippen LogP contribution in [0.4, 0.5) is 10.1 Å². The van der Waals surface area contributed by atoms with Gasteiger partial charge in [0.2, 0.25) is 5.89 Å². The van der Waals surface area contributed by atoms with Crippen LogP contribution in [0.25, 0.3) is 22.6 Å². The number of anilines is 1. The van der Waals surface area contributed by atoms with Gasteiger partial charge in [0.1, 0.15) is 11.3 Å². The van der Waals surface area contributed by atoms with Crippen LogP contribution in [0.15, 0.2) is 40.8 Å². The second kappa shape index (κ2) is 3.99. The smallest absolute Gasteiger partial charge is 0.229 e. The highest BCUT2D eigenvalue weighted by Gasteiger charge is 2.12. The molecule has 18 heavy (non-hydrogen) atoms. The Labute approximate surface area is 107 Å². The summed E-state index contributed by atoms with van der Waals surface area (Å²) >= 11 is 5.93. The molecule has 0 saturated carbocycles. The van der Waals surface area contributed by atoms with Gasteiger partial charge in [0.05, 0.1) is 16.3 Å². The first kappa shape index (κ1) is 11.0. The summed E-state index contributed by atoms with van der Waals surface area (Å²) in [5.41, 5.74) is 7.81. The van der Waals surface area contributed by atoms with Crippen molar-refractivity contribution in [3.8, 4) is 11.5 Å². The van der Waals surface area contributed by atoms with E-state index in [1.807, 2.05) is 0 Å². The molecular weight excluding hydrogens is 255 g/mol. The monoisotopic (exact) mass is 262 g/mol. The quantitative estimate of drug-likeness (QED) is 0.677. The maximum atomic E-state index is 13.1. The number of hydrogen-bond acceptors (Lipinski definition) is 3. The number of fused-ring (bicyclic) bond motifs is 1. The van der Waals surface area contributed by atoms with Crippen molar-refractivity contribution in [1.29, 1.82) is 0 Å². The van der Waals surface area contributed by atoms with Gasteiger partial charge in [0.25, 0.3) is 0 Å². The Morgan fingerprint density at radius 2 is 2.06 bits per heavy atom. The Hall–Kier alpha value is -2.07. The molecule has 2 N–H and O–H groups in total. The third-order valence-corrected chi connectivity index (χ3v) is 2.96. The van der Waals surface area contributed by atoms with Crippen LogP contribution in [0.3, 0.4) is 0 Å². The minimum Gasteiger partial charge on any atom is -0.436 e. The van der Waals surface area contributed by atoms with Crippen molar-refractivity contribution < 1.29 is 8.81 Å². The number of nitrogens with zero attached hydrogens (tertiary/aromatic N) is 1. The first-order valence-corrected chi connectivity index (χ1v) is 5.63. The van der Waals surface area contributed by atoms with E-state index in [-0.39, 0.29) is 5.82 Å². The van der Waals surface area contributed by atoms with Crippen LogP contribution in [0.5, 0.6) is 0 Å². The summed E-state index contributed by atoms with van der Waals surface area (Å²) in [7, 11) is 0. The minimum atomic E-state index is -0.360. The molecule has 0 fully saturated rings. The molecule has 0 radical (unpaired) electrons. The summed E-state index contributed by atoms with van der Waals surface area (Å²) < 4.78 is 18.6. The molecule has 0 aliphatic carbocycles. The molecule has 3 rings (SSSR count). The fourth-order valence-corrected chi connectivity index (χ4v) is 1.91.